The van der Waals surface area contributed by atoms with E-state index >= 15 is 0 Å². The molecule has 0 radical (unpaired) electrons. The van der Waals surface area contributed by atoms with E-state index in [0.717, 1.165) is 57.9 Å². The van der Waals surface area contributed by atoms with Crippen molar-refractivity contribution in [2.45, 2.75) is 25.7 Å². The molecule has 2 saturated heterocycles. The number of anilines is 1. The van der Waals surface area contributed by atoms with E-state index < -0.39 is 0 Å². The van der Waals surface area contributed by atoms with Gasteiger partial charge in [-0.3, -0.25) is 4.79 Å². The Bertz CT molecular complexity index is 557. The number of carbonyl (C=O) groups excluding carboxylic acids is 1. The van der Waals surface area contributed by atoms with E-state index in [1.54, 1.807) is 6.20 Å². The highest BCUT2D eigenvalue weighted by Crippen LogP contribution is 2.59. The molecule has 1 aromatic rings. The number of carbonyl (C=O) groups is 1. The molecule has 0 aromatic carbocycles. The SMILES string of the molecule is O=C(C1CC12CCNCC2)N1CCCN(c2cccnn2)CC1. The van der Waals surface area contributed by atoms with Gasteiger partial charge in [0.15, 0.2) is 5.82 Å². The summed E-state index contributed by atoms with van der Waals surface area (Å²) in [6, 6.07) is 3.91. The Hall–Kier alpha value is -1.69. The van der Waals surface area contributed by atoms with Crippen molar-refractivity contribution < 1.29 is 4.79 Å². The van der Waals surface area contributed by atoms with E-state index in [1.165, 1.54) is 12.8 Å². The number of hydrogen-bond donors (Lipinski definition) is 1. The van der Waals surface area contributed by atoms with Gasteiger partial charge < -0.3 is 15.1 Å². The number of nitrogens with zero attached hydrogens (tertiary/aromatic N) is 4. The van der Waals surface area contributed by atoms with E-state index in [2.05, 4.69) is 25.3 Å². The van der Waals surface area contributed by atoms with Gasteiger partial charge in [-0.1, -0.05) is 0 Å². The Morgan fingerprint density at radius 3 is 2.87 bits per heavy atom. The average molecular weight is 315 g/mol. The molecule has 3 aliphatic rings. The molecule has 1 unspecified atom stereocenters. The molecule has 2 aliphatic heterocycles. The maximum absolute atomic E-state index is 12.9. The van der Waals surface area contributed by atoms with Crippen molar-refractivity contribution in [3.05, 3.63) is 18.3 Å². The first-order valence-corrected chi connectivity index (χ1v) is 8.81. The van der Waals surface area contributed by atoms with Crippen LogP contribution in [0, 0.1) is 11.3 Å². The van der Waals surface area contributed by atoms with Crippen molar-refractivity contribution >= 4 is 11.7 Å². The maximum atomic E-state index is 12.9. The summed E-state index contributed by atoms with van der Waals surface area (Å²) in [4.78, 5) is 17.2. The van der Waals surface area contributed by atoms with Gasteiger partial charge in [0.05, 0.1) is 0 Å². The first-order valence-electron chi connectivity index (χ1n) is 8.81. The van der Waals surface area contributed by atoms with Crippen LogP contribution in [0.5, 0.6) is 0 Å². The highest BCUT2D eigenvalue weighted by Gasteiger charge is 2.58. The van der Waals surface area contributed by atoms with Crippen LogP contribution in [0.3, 0.4) is 0 Å². The zero-order chi connectivity index (χ0) is 15.7. The quantitative estimate of drug-likeness (QED) is 0.879. The molecule has 6 nitrogen and oxygen atoms in total. The monoisotopic (exact) mass is 315 g/mol. The van der Waals surface area contributed by atoms with Crippen LogP contribution in [0.4, 0.5) is 5.82 Å². The van der Waals surface area contributed by atoms with Crippen LogP contribution < -0.4 is 10.2 Å². The minimum Gasteiger partial charge on any atom is -0.353 e. The molecular formula is C17H25N5O. The molecular weight excluding hydrogens is 290 g/mol. The Morgan fingerprint density at radius 1 is 1.22 bits per heavy atom. The molecule has 3 heterocycles. The van der Waals surface area contributed by atoms with Gasteiger partial charge in [0.2, 0.25) is 5.91 Å². The minimum atomic E-state index is 0.285. The number of aromatic nitrogens is 2. The lowest BCUT2D eigenvalue weighted by molar-refractivity contribution is -0.133. The highest BCUT2D eigenvalue weighted by molar-refractivity contribution is 5.83. The third kappa shape index (κ3) is 2.92. The van der Waals surface area contributed by atoms with Crippen molar-refractivity contribution in [3.63, 3.8) is 0 Å². The number of piperidine rings is 1. The third-order valence-electron chi connectivity index (χ3n) is 5.78. The Morgan fingerprint density at radius 2 is 2.09 bits per heavy atom. The predicted molar refractivity (Wildman–Crippen MR) is 88.1 cm³/mol. The first kappa shape index (κ1) is 14.9. The van der Waals surface area contributed by atoms with Crippen LogP contribution in [0.2, 0.25) is 0 Å². The molecule has 1 spiro atoms. The van der Waals surface area contributed by atoms with Crippen molar-refractivity contribution in [2.24, 2.45) is 11.3 Å². The van der Waals surface area contributed by atoms with Crippen molar-refractivity contribution in [1.82, 2.24) is 20.4 Å². The van der Waals surface area contributed by atoms with Crippen LogP contribution in [0.1, 0.15) is 25.7 Å². The lowest BCUT2D eigenvalue weighted by atomic mass is 9.91. The summed E-state index contributed by atoms with van der Waals surface area (Å²) in [6.45, 7) is 5.63. The summed E-state index contributed by atoms with van der Waals surface area (Å²) in [5, 5.41) is 11.6. The van der Waals surface area contributed by atoms with E-state index in [9.17, 15) is 4.79 Å². The summed E-state index contributed by atoms with van der Waals surface area (Å²) in [5.74, 6) is 1.60. The van der Waals surface area contributed by atoms with Gasteiger partial charge in [-0.15, -0.1) is 5.10 Å². The average Bonchev–Trinajstić information content (AvgIpc) is 3.34. The Balaban J connectivity index is 1.37. The van der Waals surface area contributed by atoms with Crippen LogP contribution in [-0.4, -0.2) is 60.3 Å². The summed E-state index contributed by atoms with van der Waals surface area (Å²) in [7, 11) is 0. The molecule has 1 amide bonds. The van der Waals surface area contributed by atoms with E-state index in [4.69, 9.17) is 0 Å². The summed E-state index contributed by atoms with van der Waals surface area (Å²) >= 11 is 0. The molecule has 124 valence electrons. The van der Waals surface area contributed by atoms with Crippen LogP contribution in [-0.2, 0) is 4.79 Å². The van der Waals surface area contributed by atoms with Crippen LogP contribution in [0.15, 0.2) is 18.3 Å². The summed E-state index contributed by atoms with van der Waals surface area (Å²) in [5.41, 5.74) is 0.333. The highest BCUT2D eigenvalue weighted by atomic mass is 16.2. The first-order chi connectivity index (χ1) is 11.3. The Labute approximate surface area is 137 Å². The second-order valence-electron chi connectivity index (χ2n) is 7.12. The second kappa shape index (κ2) is 6.07. The topological polar surface area (TPSA) is 61.4 Å². The van der Waals surface area contributed by atoms with Crippen molar-refractivity contribution in [2.75, 3.05) is 44.2 Å². The zero-order valence-electron chi connectivity index (χ0n) is 13.6. The zero-order valence-corrected chi connectivity index (χ0v) is 13.6. The van der Waals surface area contributed by atoms with Crippen LogP contribution >= 0.6 is 0 Å². The van der Waals surface area contributed by atoms with Crippen LogP contribution in [0.25, 0.3) is 0 Å². The fourth-order valence-electron chi connectivity index (χ4n) is 4.22. The fraction of sp³-hybridized carbons (Fsp3) is 0.706. The number of hydrogen-bond acceptors (Lipinski definition) is 5. The number of rotatable bonds is 2. The number of nitrogens with one attached hydrogen (secondary N) is 1. The Kier molecular flexibility index (Phi) is 3.93. The minimum absolute atomic E-state index is 0.285. The van der Waals surface area contributed by atoms with Crippen molar-refractivity contribution in [3.8, 4) is 0 Å². The molecule has 4 rings (SSSR count). The predicted octanol–water partition coefficient (Wildman–Crippen LogP) is 0.905. The van der Waals surface area contributed by atoms with E-state index in [0.29, 0.717) is 11.3 Å². The molecule has 0 bridgehead atoms. The fourth-order valence-corrected chi connectivity index (χ4v) is 4.22. The van der Waals surface area contributed by atoms with Gasteiger partial charge in [0.25, 0.3) is 0 Å². The maximum Gasteiger partial charge on any atom is 0.226 e. The molecule has 1 saturated carbocycles. The smallest absolute Gasteiger partial charge is 0.226 e. The largest absolute Gasteiger partial charge is 0.353 e. The summed E-state index contributed by atoms with van der Waals surface area (Å²) < 4.78 is 0. The molecule has 3 fully saturated rings. The molecule has 1 aromatic heterocycles. The van der Waals surface area contributed by atoms with Gasteiger partial charge in [-0.25, -0.2) is 0 Å². The molecule has 23 heavy (non-hydrogen) atoms. The molecule has 1 N–H and O–H groups in total. The van der Waals surface area contributed by atoms with Gasteiger partial charge in [-0.05, 0) is 56.3 Å². The number of amides is 1. The molecule has 1 aliphatic carbocycles. The lowest BCUT2D eigenvalue weighted by Crippen LogP contribution is -2.38. The normalized spacial score (nSPS) is 26.9. The van der Waals surface area contributed by atoms with E-state index in [-0.39, 0.29) is 5.92 Å². The molecule has 1 atom stereocenters. The van der Waals surface area contributed by atoms with Gasteiger partial charge in [-0.2, -0.15) is 5.10 Å². The van der Waals surface area contributed by atoms with Gasteiger partial charge >= 0.3 is 0 Å². The van der Waals surface area contributed by atoms with Crippen molar-refractivity contribution in [1.29, 1.82) is 0 Å². The summed E-state index contributed by atoms with van der Waals surface area (Å²) in [6.07, 6.45) is 6.15. The van der Waals surface area contributed by atoms with E-state index in [1.807, 2.05) is 12.1 Å². The van der Waals surface area contributed by atoms with Gasteiger partial charge in [0.1, 0.15) is 0 Å². The molecule has 6 heteroatoms. The van der Waals surface area contributed by atoms with Gasteiger partial charge in [0, 0.05) is 38.3 Å². The third-order valence-corrected chi connectivity index (χ3v) is 5.78. The standard InChI is InChI=1S/C17H25N5O/c23-16(14-13-17(14)4-7-18-8-5-17)22-10-2-9-21(11-12-22)15-3-1-6-19-20-15/h1,3,6,14,18H,2,4-5,7-13H2. The lowest BCUT2D eigenvalue weighted by Gasteiger charge is -2.26. The second-order valence-corrected chi connectivity index (χ2v) is 7.12.